The molecule has 0 bridgehead atoms. The number of ether oxygens (including phenoxy) is 2. The molecule has 0 spiro atoms. The van der Waals surface area contributed by atoms with E-state index in [1.165, 1.54) is 0 Å². The third-order valence-corrected chi connectivity index (χ3v) is 3.52. The molecule has 1 unspecified atom stereocenters. The van der Waals surface area contributed by atoms with Crippen LogP contribution in [0.4, 0.5) is 0 Å². The van der Waals surface area contributed by atoms with E-state index in [1.54, 1.807) is 26.0 Å². The van der Waals surface area contributed by atoms with Crippen LogP contribution < -0.4 is 0 Å². The molecule has 0 rings (SSSR count). The van der Waals surface area contributed by atoms with Crippen LogP contribution in [-0.4, -0.2) is 29.5 Å². The largest absolute Gasteiger partial charge is 0.494 e. The summed E-state index contributed by atoms with van der Waals surface area (Å²) in [6.45, 7) is 16.2. The smallest absolute Gasteiger partial charge is 0.118 e. The first-order valence-corrected chi connectivity index (χ1v) is 7.87. The maximum Gasteiger partial charge on any atom is 0.118 e. The summed E-state index contributed by atoms with van der Waals surface area (Å²) in [5.74, 6) is 0.730. The fourth-order valence-electron chi connectivity index (χ4n) is 1.69. The summed E-state index contributed by atoms with van der Waals surface area (Å²) in [5.41, 5.74) is -0.935. The van der Waals surface area contributed by atoms with Crippen molar-refractivity contribution in [3.05, 3.63) is 49.3 Å². The van der Waals surface area contributed by atoms with E-state index in [0.717, 1.165) is 18.6 Å². The molecule has 0 aliphatic heterocycles. The van der Waals surface area contributed by atoms with Crippen LogP contribution >= 0.6 is 0 Å². The zero-order valence-electron chi connectivity index (χ0n) is 14.6. The van der Waals surface area contributed by atoms with Crippen molar-refractivity contribution in [3.63, 3.8) is 0 Å². The van der Waals surface area contributed by atoms with Crippen molar-refractivity contribution in [2.45, 2.75) is 58.2 Å². The van der Waals surface area contributed by atoms with Gasteiger partial charge in [-0.05, 0) is 45.8 Å². The summed E-state index contributed by atoms with van der Waals surface area (Å²) < 4.78 is 11.7. The second-order valence-corrected chi connectivity index (χ2v) is 6.21. The minimum Gasteiger partial charge on any atom is -0.494 e. The summed E-state index contributed by atoms with van der Waals surface area (Å²) in [6, 6.07) is 0. The SMILES string of the molecule is C=C/C=C\C=C(/C=C)OCCC(C)(CC)OCCC(C)(C)O. The molecule has 0 aromatic heterocycles. The van der Waals surface area contributed by atoms with Gasteiger partial charge in [-0.15, -0.1) is 0 Å². The number of allylic oxidation sites excluding steroid dienone is 5. The topological polar surface area (TPSA) is 38.7 Å². The second kappa shape index (κ2) is 10.4. The first-order valence-electron chi connectivity index (χ1n) is 7.87. The molecule has 1 atom stereocenters. The van der Waals surface area contributed by atoms with Crippen molar-refractivity contribution < 1.29 is 14.6 Å². The summed E-state index contributed by atoms with van der Waals surface area (Å²) in [7, 11) is 0. The van der Waals surface area contributed by atoms with Crippen molar-refractivity contribution in [1.29, 1.82) is 0 Å². The Labute approximate surface area is 136 Å². The predicted molar refractivity (Wildman–Crippen MR) is 93.7 cm³/mol. The van der Waals surface area contributed by atoms with Crippen LogP contribution in [0.3, 0.4) is 0 Å². The van der Waals surface area contributed by atoms with Crippen molar-refractivity contribution in [1.82, 2.24) is 0 Å². The molecular weight excluding hydrogens is 276 g/mol. The maximum absolute atomic E-state index is 9.73. The van der Waals surface area contributed by atoms with Crippen LogP contribution in [0.15, 0.2) is 49.3 Å². The molecule has 0 aliphatic rings. The second-order valence-electron chi connectivity index (χ2n) is 6.21. The van der Waals surface area contributed by atoms with Gasteiger partial charge in [-0.25, -0.2) is 0 Å². The van der Waals surface area contributed by atoms with Gasteiger partial charge in [-0.2, -0.15) is 0 Å². The molecule has 3 heteroatoms. The number of hydrogen-bond acceptors (Lipinski definition) is 3. The Kier molecular flexibility index (Phi) is 9.79. The minimum atomic E-state index is -0.693. The molecule has 0 saturated heterocycles. The van der Waals surface area contributed by atoms with E-state index in [2.05, 4.69) is 27.0 Å². The molecule has 0 heterocycles. The highest BCUT2D eigenvalue weighted by Gasteiger charge is 2.24. The zero-order valence-corrected chi connectivity index (χ0v) is 14.6. The van der Waals surface area contributed by atoms with Gasteiger partial charge in [0.1, 0.15) is 5.76 Å². The molecule has 0 aliphatic carbocycles. The minimum absolute atomic E-state index is 0.242. The Hall–Kier alpha value is -1.32. The van der Waals surface area contributed by atoms with E-state index < -0.39 is 5.60 Å². The Morgan fingerprint density at radius 3 is 2.27 bits per heavy atom. The third-order valence-electron chi connectivity index (χ3n) is 3.52. The van der Waals surface area contributed by atoms with Crippen LogP contribution in [0, 0.1) is 0 Å². The highest BCUT2D eigenvalue weighted by molar-refractivity contribution is 5.18. The number of rotatable bonds is 12. The molecule has 0 aromatic rings. The maximum atomic E-state index is 9.73. The quantitative estimate of drug-likeness (QED) is 0.424. The molecule has 126 valence electrons. The van der Waals surface area contributed by atoms with Crippen LogP contribution in [0.1, 0.15) is 47.0 Å². The van der Waals surface area contributed by atoms with Crippen LogP contribution in [0.2, 0.25) is 0 Å². The van der Waals surface area contributed by atoms with E-state index in [4.69, 9.17) is 9.47 Å². The molecule has 0 amide bonds. The van der Waals surface area contributed by atoms with Gasteiger partial charge in [-0.1, -0.05) is 38.3 Å². The number of aliphatic hydroxyl groups is 1. The summed E-state index contributed by atoms with van der Waals surface area (Å²) in [6.07, 6.45) is 11.2. The van der Waals surface area contributed by atoms with Crippen molar-refractivity contribution in [2.24, 2.45) is 0 Å². The van der Waals surface area contributed by atoms with E-state index in [0.29, 0.717) is 19.6 Å². The monoisotopic (exact) mass is 308 g/mol. The van der Waals surface area contributed by atoms with Gasteiger partial charge < -0.3 is 14.6 Å². The molecule has 0 radical (unpaired) electrons. The molecule has 0 fully saturated rings. The fourth-order valence-corrected chi connectivity index (χ4v) is 1.69. The van der Waals surface area contributed by atoms with Gasteiger partial charge >= 0.3 is 0 Å². The summed E-state index contributed by atoms with van der Waals surface area (Å²) in [5, 5.41) is 9.73. The van der Waals surface area contributed by atoms with E-state index >= 15 is 0 Å². The Bertz CT molecular complexity index is 388. The first kappa shape index (κ1) is 20.7. The normalized spacial score (nSPS) is 15.6. The summed E-state index contributed by atoms with van der Waals surface area (Å²) in [4.78, 5) is 0. The Morgan fingerprint density at radius 1 is 1.09 bits per heavy atom. The van der Waals surface area contributed by atoms with Crippen LogP contribution in [-0.2, 0) is 9.47 Å². The Morgan fingerprint density at radius 2 is 1.77 bits per heavy atom. The molecule has 22 heavy (non-hydrogen) atoms. The molecular formula is C19H32O3. The average Bonchev–Trinajstić information content (AvgIpc) is 2.44. The van der Waals surface area contributed by atoms with Gasteiger partial charge in [-0.3, -0.25) is 0 Å². The molecule has 0 saturated carbocycles. The van der Waals surface area contributed by atoms with E-state index in [9.17, 15) is 5.11 Å². The first-order chi connectivity index (χ1) is 10.3. The lowest BCUT2D eigenvalue weighted by molar-refractivity contribution is -0.0701. The standard InChI is InChI=1S/C19H32O3/c1-7-10-11-12-17(8-2)21-15-14-19(6,9-3)22-16-13-18(4,5)20/h7-8,10-12,20H,1-2,9,13-16H2,3-6H3/b11-10-,17-12+. The van der Waals surface area contributed by atoms with Gasteiger partial charge in [0.2, 0.25) is 0 Å². The number of hydrogen-bond donors (Lipinski definition) is 1. The predicted octanol–water partition coefficient (Wildman–Crippen LogP) is 4.55. The van der Waals surface area contributed by atoms with E-state index in [1.807, 2.05) is 18.2 Å². The lowest BCUT2D eigenvalue weighted by Gasteiger charge is -2.30. The van der Waals surface area contributed by atoms with Gasteiger partial charge in [0.25, 0.3) is 0 Å². The molecule has 0 aromatic carbocycles. The lowest BCUT2D eigenvalue weighted by Crippen LogP contribution is -2.32. The molecule has 3 nitrogen and oxygen atoms in total. The lowest BCUT2D eigenvalue weighted by atomic mass is 9.99. The van der Waals surface area contributed by atoms with Gasteiger partial charge in [0, 0.05) is 6.42 Å². The van der Waals surface area contributed by atoms with Gasteiger partial charge in [0.15, 0.2) is 0 Å². The third kappa shape index (κ3) is 10.4. The van der Waals surface area contributed by atoms with Crippen molar-refractivity contribution in [2.75, 3.05) is 13.2 Å². The van der Waals surface area contributed by atoms with Crippen molar-refractivity contribution in [3.8, 4) is 0 Å². The van der Waals surface area contributed by atoms with Crippen LogP contribution in [0.5, 0.6) is 0 Å². The Balaban J connectivity index is 4.31. The van der Waals surface area contributed by atoms with Gasteiger partial charge in [0.05, 0.1) is 24.4 Å². The zero-order chi connectivity index (χ0) is 17.1. The van der Waals surface area contributed by atoms with E-state index in [-0.39, 0.29) is 5.60 Å². The molecule has 1 N–H and O–H groups in total. The summed E-state index contributed by atoms with van der Waals surface area (Å²) >= 11 is 0. The van der Waals surface area contributed by atoms with Crippen molar-refractivity contribution >= 4 is 0 Å². The average molecular weight is 308 g/mol. The van der Waals surface area contributed by atoms with Crippen LogP contribution in [0.25, 0.3) is 0 Å². The highest BCUT2D eigenvalue weighted by atomic mass is 16.5. The fraction of sp³-hybridized carbons (Fsp3) is 0.579. The highest BCUT2D eigenvalue weighted by Crippen LogP contribution is 2.22.